The fourth-order valence-electron chi connectivity index (χ4n) is 2.77. The van der Waals surface area contributed by atoms with Gasteiger partial charge in [-0.1, -0.05) is 0 Å². The number of Topliss-reactive ketones (excluding diaryl/α,β-unsaturated/α-hetero) is 1. The van der Waals surface area contributed by atoms with Crippen molar-refractivity contribution in [1.82, 2.24) is 4.90 Å². The van der Waals surface area contributed by atoms with Crippen molar-refractivity contribution in [3.8, 4) is 0 Å². The fourth-order valence-corrected chi connectivity index (χ4v) is 2.77. The number of nitro benzene ring substituents is 1. The van der Waals surface area contributed by atoms with E-state index in [4.69, 9.17) is 4.74 Å². The molecule has 0 aliphatic carbocycles. The largest absolute Gasteiger partial charge is 0.444 e. The van der Waals surface area contributed by atoms with Crippen molar-refractivity contribution in [3.63, 3.8) is 0 Å². The van der Waals surface area contributed by atoms with Crippen LogP contribution in [0.1, 0.15) is 37.6 Å². The number of β-amino-alcohol motifs (C(OH)–C–C–N with tert-alkyl or cyclic N) is 1. The first-order valence-electron chi connectivity index (χ1n) is 8.14. The Balaban J connectivity index is 2.17. The summed E-state index contributed by atoms with van der Waals surface area (Å²) in [6.07, 6.45) is -3.17. The molecule has 1 aromatic carbocycles. The van der Waals surface area contributed by atoms with Gasteiger partial charge in [0.15, 0.2) is 5.78 Å². The Morgan fingerprint density at radius 1 is 1.31 bits per heavy atom. The summed E-state index contributed by atoms with van der Waals surface area (Å²) in [6.45, 7) is 5.00. The summed E-state index contributed by atoms with van der Waals surface area (Å²) in [5.74, 6) is -0.687. The van der Waals surface area contributed by atoms with Crippen LogP contribution in [0.25, 0.3) is 0 Å². The number of amides is 1. The molecule has 142 valence electrons. The smallest absolute Gasteiger partial charge is 0.410 e. The van der Waals surface area contributed by atoms with E-state index in [1.165, 1.54) is 12.1 Å². The average molecular weight is 366 g/mol. The molecule has 9 heteroatoms. The summed E-state index contributed by atoms with van der Waals surface area (Å²) in [7, 11) is 0. The van der Waals surface area contributed by atoms with Crippen LogP contribution < -0.4 is 0 Å². The van der Waals surface area contributed by atoms with Crippen LogP contribution in [0.2, 0.25) is 0 Å². The van der Waals surface area contributed by atoms with Gasteiger partial charge in [-0.15, -0.1) is 0 Å². The highest BCUT2D eigenvalue weighted by atomic mass is 16.6. The zero-order chi connectivity index (χ0) is 19.6. The third kappa shape index (κ3) is 4.55. The molecule has 1 aromatic rings. The van der Waals surface area contributed by atoms with E-state index in [2.05, 4.69) is 0 Å². The predicted molar refractivity (Wildman–Crippen MR) is 90.8 cm³/mol. The van der Waals surface area contributed by atoms with Crippen LogP contribution in [0.5, 0.6) is 0 Å². The lowest BCUT2D eigenvalue weighted by atomic mass is 9.98. The summed E-state index contributed by atoms with van der Waals surface area (Å²) < 4.78 is 5.26. The number of carbonyl (C=O) groups is 2. The molecular weight excluding hydrogens is 344 g/mol. The minimum atomic E-state index is -1.58. The number of rotatable bonds is 4. The van der Waals surface area contributed by atoms with Gasteiger partial charge < -0.3 is 14.9 Å². The van der Waals surface area contributed by atoms with E-state index in [1.54, 1.807) is 20.8 Å². The van der Waals surface area contributed by atoms with E-state index in [0.29, 0.717) is 0 Å². The van der Waals surface area contributed by atoms with Crippen molar-refractivity contribution in [2.75, 3.05) is 6.54 Å². The first kappa shape index (κ1) is 19.8. The summed E-state index contributed by atoms with van der Waals surface area (Å²) >= 11 is 0. The quantitative estimate of drug-likeness (QED) is 0.469. The lowest BCUT2D eigenvalue weighted by molar-refractivity contribution is -0.384. The van der Waals surface area contributed by atoms with E-state index < -0.39 is 40.7 Å². The number of non-ortho nitro benzene ring substituents is 1. The molecular formula is C17H22N2O7. The van der Waals surface area contributed by atoms with E-state index >= 15 is 0 Å². The van der Waals surface area contributed by atoms with Crippen molar-refractivity contribution in [2.24, 2.45) is 0 Å². The molecule has 1 aliphatic heterocycles. The number of aliphatic hydroxyl groups excluding tert-OH is 2. The molecule has 2 N–H and O–H groups in total. The first-order chi connectivity index (χ1) is 12.0. The van der Waals surface area contributed by atoms with Crippen LogP contribution >= 0.6 is 0 Å². The Morgan fingerprint density at radius 3 is 2.38 bits per heavy atom. The molecule has 1 heterocycles. The zero-order valence-corrected chi connectivity index (χ0v) is 14.8. The number of aliphatic hydroxyl groups is 2. The monoisotopic (exact) mass is 366 g/mol. The van der Waals surface area contributed by atoms with Gasteiger partial charge in [0.25, 0.3) is 5.69 Å². The predicted octanol–water partition coefficient (Wildman–Crippen LogP) is 1.51. The van der Waals surface area contributed by atoms with Gasteiger partial charge in [0, 0.05) is 17.7 Å². The molecule has 1 aliphatic rings. The Hall–Kier alpha value is -2.52. The molecule has 0 radical (unpaired) electrons. The van der Waals surface area contributed by atoms with Crippen molar-refractivity contribution < 1.29 is 29.5 Å². The van der Waals surface area contributed by atoms with E-state index in [1.807, 2.05) is 0 Å². The summed E-state index contributed by atoms with van der Waals surface area (Å²) in [5.41, 5.74) is -0.862. The van der Waals surface area contributed by atoms with Gasteiger partial charge in [0.2, 0.25) is 0 Å². The van der Waals surface area contributed by atoms with Gasteiger partial charge in [-0.3, -0.25) is 19.8 Å². The molecule has 0 saturated carbocycles. The highest BCUT2D eigenvalue weighted by molar-refractivity contribution is 6.00. The van der Waals surface area contributed by atoms with Crippen LogP contribution in [0.15, 0.2) is 24.3 Å². The van der Waals surface area contributed by atoms with Crippen molar-refractivity contribution >= 4 is 17.6 Å². The molecule has 1 fully saturated rings. The third-order valence-electron chi connectivity index (χ3n) is 3.95. The van der Waals surface area contributed by atoms with Gasteiger partial charge in [-0.25, -0.2) is 4.79 Å². The zero-order valence-electron chi connectivity index (χ0n) is 14.8. The van der Waals surface area contributed by atoms with Crippen LogP contribution in [0, 0.1) is 10.1 Å². The lowest BCUT2D eigenvalue weighted by Crippen LogP contribution is -2.47. The van der Waals surface area contributed by atoms with Gasteiger partial charge in [-0.2, -0.15) is 0 Å². The number of carbonyl (C=O) groups excluding carboxylic acids is 2. The van der Waals surface area contributed by atoms with Crippen molar-refractivity contribution in [2.45, 2.75) is 51.0 Å². The lowest BCUT2D eigenvalue weighted by Gasteiger charge is -2.30. The van der Waals surface area contributed by atoms with E-state index in [-0.39, 0.29) is 24.2 Å². The molecule has 0 aromatic heterocycles. The number of likely N-dealkylation sites (tertiary alicyclic amines) is 1. The van der Waals surface area contributed by atoms with Crippen molar-refractivity contribution in [1.29, 1.82) is 0 Å². The third-order valence-corrected chi connectivity index (χ3v) is 3.95. The molecule has 9 nitrogen and oxygen atoms in total. The Kier molecular flexibility index (Phi) is 5.62. The molecule has 2 rings (SSSR count). The first-order valence-corrected chi connectivity index (χ1v) is 8.14. The topological polar surface area (TPSA) is 130 Å². The summed E-state index contributed by atoms with van der Waals surface area (Å²) in [4.78, 5) is 36.0. The van der Waals surface area contributed by atoms with E-state index in [9.17, 15) is 29.9 Å². The van der Waals surface area contributed by atoms with Crippen molar-refractivity contribution in [3.05, 3.63) is 39.9 Å². The normalized spacial score (nSPS) is 21.3. The van der Waals surface area contributed by atoms with Crippen LogP contribution in [0.4, 0.5) is 10.5 Å². The second-order valence-electron chi connectivity index (χ2n) is 7.20. The molecule has 1 saturated heterocycles. The summed E-state index contributed by atoms with van der Waals surface area (Å²) in [5, 5.41) is 31.0. The van der Waals surface area contributed by atoms with Crippen LogP contribution in [-0.4, -0.2) is 62.3 Å². The molecule has 26 heavy (non-hydrogen) atoms. The highest BCUT2D eigenvalue weighted by Gasteiger charge is 2.43. The number of hydrogen-bond acceptors (Lipinski definition) is 7. The SMILES string of the molecule is CC(C)(C)OC(=O)N1C[C@H](O)C[C@H]1C(O)C(=O)c1ccc([N+](=O)[O-])cc1. The van der Waals surface area contributed by atoms with E-state index in [0.717, 1.165) is 17.0 Å². The Morgan fingerprint density at radius 2 is 1.88 bits per heavy atom. The minimum absolute atomic E-state index is 0.0269. The standard InChI is InChI=1S/C17H22N2O7/c1-17(2,3)26-16(23)18-9-12(20)8-13(18)15(22)14(21)10-4-6-11(7-5-10)19(24)25/h4-7,12-13,15,20,22H,8-9H2,1-3H3/t12-,13+,15?/m1/s1. The minimum Gasteiger partial charge on any atom is -0.444 e. The molecule has 3 atom stereocenters. The number of hydrogen-bond donors (Lipinski definition) is 2. The number of nitro groups is 1. The Bertz CT molecular complexity index is 696. The molecule has 0 spiro atoms. The maximum absolute atomic E-state index is 12.5. The highest BCUT2D eigenvalue weighted by Crippen LogP contribution is 2.25. The molecule has 1 amide bonds. The fraction of sp³-hybridized carbons (Fsp3) is 0.529. The second kappa shape index (κ2) is 7.38. The number of nitrogens with zero attached hydrogens (tertiary/aromatic N) is 2. The number of ether oxygens (including phenoxy) is 1. The molecule has 0 bridgehead atoms. The van der Waals surface area contributed by atoms with Crippen LogP contribution in [-0.2, 0) is 4.74 Å². The number of benzene rings is 1. The van der Waals surface area contributed by atoms with Crippen LogP contribution in [0.3, 0.4) is 0 Å². The van der Waals surface area contributed by atoms with Gasteiger partial charge >= 0.3 is 6.09 Å². The average Bonchev–Trinajstić information content (AvgIpc) is 2.94. The van der Waals surface area contributed by atoms with Gasteiger partial charge in [-0.05, 0) is 39.3 Å². The number of ketones is 1. The maximum atomic E-state index is 12.5. The maximum Gasteiger partial charge on any atom is 0.410 e. The van der Waals surface area contributed by atoms with Gasteiger partial charge in [0.05, 0.1) is 23.6 Å². The van der Waals surface area contributed by atoms with Gasteiger partial charge in [0.1, 0.15) is 11.7 Å². The molecule has 1 unspecified atom stereocenters. The summed E-state index contributed by atoms with van der Waals surface area (Å²) in [6, 6.07) is 3.87. The Labute approximate surface area is 150 Å². The second-order valence-corrected chi connectivity index (χ2v) is 7.20.